The maximum Gasteiger partial charge on any atom is 0.182 e. The number of ether oxygens (including phenoxy) is 1. The summed E-state index contributed by atoms with van der Waals surface area (Å²) in [4.78, 5) is 3.22. The molecule has 1 N–H and O–H groups in total. The zero-order valence-corrected chi connectivity index (χ0v) is 13.5. The van der Waals surface area contributed by atoms with Crippen molar-refractivity contribution in [2.45, 2.75) is 6.92 Å². The Morgan fingerprint density at radius 2 is 2.05 bits per heavy atom. The van der Waals surface area contributed by atoms with Gasteiger partial charge in [0.05, 0.1) is 23.8 Å². The van der Waals surface area contributed by atoms with Gasteiger partial charge >= 0.3 is 0 Å². The van der Waals surface area contributed by atoms with Crippen molar-refractivity contribution < 1.29 is 4.74 Å². The number of H-pyrrole nitrogens is 1. The van der Waals surface area contributed by atoms with Crippen LogP contribution >= 0.6 is 28.1 Å². The summed E-state index contributed by atoms with van der Waals surface area (Å²) in [6.45, 7) is 2.06. The third-order valence-electron chi connectivity index (χ3n) is 3.30. The zero-order chi connectivity index (χ0) is 14.3. The number of methoxy groups -OCH3 is 1. The van der Waals surface area contributed by atoms with E-state index in [0.717, 1.165) is 26.9 Å². The Bertz CT molecular complexity index is 851. The lowest BCUT2D eigenvalue weighted by molar-refractivity contribution is 0.415. The molecule has 0 amide bonds. The fourth-order valence-corrected chi connectivity index (χ4v) is 3.01. The SMILES string of the molecule is COc1ccc2c(c1)[nH]c(=S)n2-c1cccc(C)c1Br. The number of aromatic nitrogens is 2. The maximum atomic E-state index is 5.46. The summed E-state index contributed by atoms with van der Waals surface area (Å²) in [5.74, 6) is 0.809. The number of nitrogens with one attached hydrogen (secondary N) is 1. The van der Waals surface area contributed by atoms with Crippen LogP contribution < -0.4 is 4.74 Å². The summed E-state index contributed by atoms with van der Waals surface area (Å²) in [7, 11) is 1.66. The van der Waals surface area contributed by atoms with Gasteiger partial charge in [-0.15, -0.1) is 0 Å². The summed E-state index contributed by atoms with van der Waals surface area (Å²) >= 11 is 9.11. The molecule has 102 valence electrons. The highest BCUT2D eigenvalue weighted by Gasteiger charge is 2.11. The summed E-state index contributed by atoms with van der Waals surface area (Å²) in [5, 5.41) is 0. The van der Waals surface area contributed by atoms with Crippen LogP contribution in [0.1, 0.15) is 5.56 Å². The van der Waals surface area contributed by atoms with Gasteiger partial charge in [-0.3, -0.25) is 4.57 Å². The third kappa shape index (κ3) is 2.07. The summed E-state index contributed by atoms with van der Waals surface area (Å²) in [5.41, 5.74) is 4.20. The van der Waals surface area contributed by atoms with Gasteiger partial charge in [-0.25, -0.2) is 0 Å². The Balaban J connectivity index is 2.34. The Kier molecular flexibility index (Phi) is 3.40. The molecule has 3 aromatic rings. The van der Waals surface area contributed by atoms with Gasteiger partial charge < -0.3 is 9.72 Å². The number of fused-ring (bicyclic) bond motifs is 1. The van der Waals surface area contributed by atoms with Gasteiger partial charge in [-0.1, -0.05) is 12.1 Å². The number of hydrogen-bond acceptors (Lipinski definition) is 2. The van der Waals surface area contributed by atoms with Gasteiger partial charge in [0, 0.05) is 10.5 Å². The second-order valence-corrected chi connectivity index (χ2v) is 5.74. The van der Waals surface area contributed by atoms with Crippen LogP contribution in [0.3, 0.4) is 0 Å². The van der Waals surface area contributed by atoms with Crippen LogP contribution in [-0.2, 0) is 0 Å². The molecule has 0 atom stereocenters. The lowest BCUT2D eigenvalue weighted by atomic mass is 10.2. The second kappa shape index (κ2) is 5.07. The fourth-order valence-electron chi connectivity index (χ4n) is 2.26. The minimum Gasteiger partial charge on any atom is -0.497 e. The van der Waals surface area contributed by atoms with E-state index in [1.807, 2.05) is 34.9 Å². The van der Waals surface area contributed by atoms with Gasteiger partial charge in [-0.2, -0.15) is 0 Å². The van der Waals surface area contributed by atoms with Crippen molar-refractivity contribution in [1.29, 1.82) is 0 Å². The summed E-state index contributed by atoms with van der Waals surface area (Å²) in [6.07, 6.45) is 0. The number of rotatable bonds is 2. The van der Waals surface area contributed by atoms with Crippen LogP contribution in [0.2, 0.25) is 0 Å². The average Bonchev–Trinajstić information content (AvgIpc) is 2.77. The number of aryl methyl sites for hydroxylation is 1. The van der Waals surface area contributed by atoms with E-state index < -0.39 is 0 Å². The van der Waals surface area contributed by atoms with Crippen molar-refractivity contribution in [1.82, 2.24) is 9.55 Å². The first-order chi connectivity index (χ1) is 9.61. The molecule has 0 unspecified atom stereocenters. The first kappa shape index (κ1) is 13.4. The zero-order valence-electron chi connectivity index (χ0n) is 11.1. The number of benzene rings is 2. The molecule has 3 rings (SSSR count). The molecule has 0 aliphatic carbocycles. The van der Waals surface area contributed by atoms with Crippen LogP contribution in [0.15, 0.2) is 40.9 Å². The Morgan fingerprint density at radius 3 is 2.80 bits per heavy atom. The molecule has 1 heterocycles. The van der Waals surface area contributed by atoms with E-state index in [2.05, 4.69) is 33.9 Å². The maximum absolute atomic E-state index is 5.46. The molecular formula is C15H13BrN2OS. The van der Waals surface area contributed by atoms with E-state index in [1.165, 1.54) is 5.56 Å². The van der Waals surface area contributed by atoms with Gasteiger partial charge in [0.2, 0.25) is 0 Å². The molecular weight excluding hydrogens is 336 g/mol. The summed E-state index contributed by atoms with van der Waals surface area (Å²) in [6, 6.07) is 12.0. The predicted molar refractivity (Wildman–Crippen MR) is 87.4 cm³/mol. The molecule has 0 aliphatic heterocycles. The molecule has 20 heavy (non-hydrogen) atoms. The highest BCUT2D eigenvalue weighted by atomic mass is 79.9. The molecule has 2 aromatic carbocycles. The third-order valence-corrected chi connectivity index (χ3v) is 4.62. The molecule has 0 radical (unpaired) electrons. The van der Waals surface area contributed by atoms with Crippen molar-refractivity contribution in [3.8, 4) is 11.4 Å². The second-order valence-electron chi connectivity index (χ2n) is 4.56. The Hall–Kier alpha value is -1.59. The molecule has 1 aromatic heterocycles. The van der Waals surface area contributed by atoms with Gasteiger partial charge in [0.15, 0.2) is 4.77 Å². The first-order valence-corrected chi connectivity index (χ1v) is 7.36. The largest absolute Gasteiger partial charge is 0.497 e. The molecule has 0 aliphatic rings. The van der Waals surface area contributed by atoms with Crippen molar-refractivity contribution in [3.05, 3.63) is 51.2 Å². The fraction of sp³-hybridized carbons (Fsp3) is 0.133. The van der Waals surface area contributed by atoms with Crippen molar-refractivity contribution in [2.75, 3.05) is 7.11 Å². The van der Waals surface area contributed by atoms with E-state index in [-0.39, 0.29) is 0 Å². The molecule has 0 bridgehead atoms. The molecule has 0 fully saturated rings. The van der Waals surface area contributed by atoms with E-state index >= 15 is 0 Å². The highest BCUT2D eigenvalue weighted by molar-refractivity contribution is 9.10. The molecule has 0 saturated carbocycles. The molecule has 0 spiro atoms. The van der Waals surface area contributed by atoms with E-state index in [1.54, 1.807) is 7.11 Å². The smallest absolute Gasteiger partial charge is 0.182 e. The number of nitrogens with zero attached hydrogens (tertiary/aromatic N) is 1. The monoisotopic (exact) mass is 348 g/mol. The number of hydrogen-bond donors (Lipinski definition) is 1. The predicted octanol–water partition coefficient (Wildman–Crippen LogP) is 4.77. The topological polar surface area (TPSA) is 29.9 Å². The van der Waals surface area contributed by atoms with Crippen molar-refractivity contribution >= 4 is 39.2 Å². The average molecular weight is 349 g/mol. The van der Waals surface area contributed by atoms with Crippen LogP contribution in [0.4, 0.5) is 0 Å². The Morgan fingerprint density at radius 1 is 1.25 bits per heavy atom. The lowest BCUT2D eigenvalue weighted by Crippen LogP contribution is -1.96. The quantitative estimate of drug-likeness (QED) is 0.676. The van der Waals surface area contributed by atoms with Crippen LogP contribution in [-0.4, -0.2) is 16.7 Å². The van der Waals surface area contributed by atoms with Crippen LogP contribution in [0.5, 0.6) is 5.75 Å². The minimum absolute atomic E-state index is 0.666. The Labute approximate surface area is 130 Å². The first-order valence-electron chi connectivity index (χ1n) is 6.16. The lowest BCUT2D eigenvalue weighted by Gasteiger charge is -2.09. The van der Waals surface area contributed by atoms with Crippen LogP contribution in [0.25, 0.3) is 16.7 Å². The van der Waals surface area contributed by atoms with Gasteiger partial charge in [0.1, 0.15) is 5.75 Å². The normalized spacial score (nSPS) is 10.9. The molecule has 5 heteroatoms. The van der Waals surface area contributed by atoms with Gasteiger partial charge in [-0.05, 0) is 58.8 Å². The minimum atomic E-state index is 0.666. The number of aromatic amines is 1. The highest BCUT2D eigenvalue weighted by Crippen LogP contribution is 2.29. The standard InChI is InChI=1S/C15H13BrN2OS/c1-9-4-3-5-13(14(9)16)18-12-7-6-10(19-2)8-11(12)17-15(18)20/h3-8H,1-2H3,(H,17,20). The van der Waals surface area contributed by atoms with Crippen molar-refractivity contribution in [2.24, 2.45) is 0 Å². The number of imidazole rings is 1. The van der Waals surface area contributed by atoms with E-state index in [4.69, 9.17) is 17.0 Å². The van der Waals surface area contributed by atoms with Gasteiger partial charge in [0.25, 0.3) is 0 Å². The summed E-state index contributed by atoms with van der Waals surface area (Å²) < 4.78 is 8.99. The van der Waals surface area contributed by atoms with E-state index in [9.17, 15) is 0 Å². The van der Waals surface area contributed by atoms with Crippen molar-refractivity contribution in [3.63, 3.8) is 0 Å². The molecule has 3 nitrogen and oxygen atoms in total. The number of halogens is 1. The van der Waals surface area contributed by atoms with Crippen LogP contribution in [0, 0.1) is 11.7 Å². The van der Waals surface area contributed by atoms with E-state index in [0.29, 0.717) is 4.77 Å². The molecule has 0 saturated heterocycles.